The normalized spacial score (nSPS) is 8.40. The van der Waals surface area contributed by atoms with Crippen molar-refractivity contribution in [1.82, 2.24) is 9.97 Å². The molecule has 0 fully saturated rings. The number of rotatable bonds is 1. The SMILES string of the molecule is N#Cc1cnc(NN)cn1. The van der Waals surface area contributed by atoms with E-state index in [0.717, 1.165) is 0 Å². The van der Waals surface area contributed by atoms with Gasteiger partial charge in [-0.3, -0.25) is 0 Å². The number of hydrazine groups is 1. The summed E-state index contributed by atoms with van der Waals surface area (Å²) < 4.78 is 0. The third-order valence-electron chi connectivity index (χ3n) is 0.914. The zero-order valence-corrected chi connectivity index (χ0v) is 5.07. The van der Waals surface area contributed by atoms with E-state index in [1.165, 1.54) is 12.4 Å². The Morgan fingerprint density at radius 1 is 1.50 bits per heavy atom. The molecule has 50 valence electrons. The van der Waals surface area contributed by atoms with E-state index in [2.05, 4.69) is 15.4 Å². The first kappa shape index (κ1) is 6.45. The minimum Gasteiger partial charge on any atom is -0.307 e. The Hall–Kier alpha value is -1.67. The second-order valence-corrected chi connectivity index (χ2v) is 1.54. The molecule has 1 heterocycles. The highest BCUT2D eigenvalue weighted by atomic mass is 15.3. The summed E-state index contributed by atoms with van der Waals surface area (Å²) in [4.78, 5) is 7.45. The second-order valence-electron chi connectivity index (χ2n) is 1.54. The first-order valence-corrected chi connectivity index (χ1v) is 2.55. The topological polar surface area (TPSA) is 87.6 Å². The average molecular weight is 135 g/mol. The lowest BCUT2D eigenvalue weighted by atomic mass is 10.5. The molecule has 0 radical (unpaired) electrons. The maximum Gasteiger partial charge on any atom is 0.158 e. The summed E-state index contributed by atoms with van der Waals surface area (Å²) in [5.74, 6) is 5.45. The van der Waals surface area contributed by atoms with Gasteiger partial charge in [-0.2, -0.15) is 5.26 Å². The molecule has 0 saturated carbocycles. The molecule has 0 amide bonds. The number of anilines is 1. The minimum atomic E-state index is 0.277. The van der Waals surface area contributed by atoms with Crippen LogP contribution in [-0.2, 0) is 0 Å². The van der Waals surface area contributed by atoms with Crippen LogP contribution < -0.4 is 11.3 Å². The first-order valence-electron chi connectivity index (χ1n) is 2.55. The lowest BCUT2D eigenvalue weighted by Gasteiger charge is -1.94. The molecule has 0 spiro atoms. The van der Waals surface area contributed by atoms with E-state index in [1.807, 2.05) is 6.07 Å². The molecule has 1 aromatic heterocycles. The minimum absolute atomic E-state index is 0.277. The molecule has 0 aliphatic carbocycles. The Labute approximate surface area is 57.5 Å². The van der Waals surface area contributed by atoms with Crippen LogP contribution in [0.15, 0.2) is 12.4 Å². The molecular weight excluding hydrogens is 130 g/mol. The lowest BCUT2D eigenvalue weighted by Crippen LogP contribution is -2.08. The highest BCUT2D eigenvalue weighted by Gasteiger charge is 1.91. The monoisotopic (exact) mass is 135 g/mol. The maximum absolute atomic E-state index is 8.30. The van der Waals surface area contributed by atoms with Gasteiger partial charge >= 0.3 is 0 Å². The third-order valence-corrected chi connectivity index (χ3v) is 0.914. The van der Waals surface area contributed by atoms with E-state index in [-0.39, 0.29) is 5.69 Å². The van der Waals surface area contributed by atoms with E-state index in [9.17, 15) is 0 Å². The largest absolute Gasteiger partial charge is 0.307 e. The predicted octanol–water partition coefficient (Wildman–Crippen LogP) is -0.366. The van der Waals surface area contributed by atoms with E-state index >= 15 is 0 Å². The molecule has 0 aromatic carbocycles. The molecule has 0 unspecified atom stereocenters. The van der Waals surface area contributed by atoms with E-state index in [1.54, 1.807) is 0 Å². The summed E-state index contributed by atoms with van der Waals surface area (Å²) in [6, 6.07) is 1.84. The summed E-state index contributed by atoms with van der Waals surface area (Å²) in [5.41, 5.74) is 2.57. The van der Waals surface area contributed by atoms with Crippen molar-refractivity contribution in [3.8, 4) is 6.07 Å². The van der Waals surface area contributed by atoms with Gasteiger partial charge in [0, 0.05) is 0 Å². The quantitative estimate of drug-likeness (QED) is 0.405. The summed E-state index contributed by atoms with van der Waals surface area (Å²) in [6.07, 6.45) is 2.73. The van der Waals surface area contributed by atoms with Crippen LogP contribution in [0.1, 0.15) is 5.69 Å². The standard InChI is InChI=1S/C5H5N5/c6-1-4-2-9-5(10-7)3-8-4/h2-3H,7H2,(H,9,10). The van der Waals surface area contributed by atoms with Crippen molar-refractivity contribution in [3.63, 3.8) is 0 Å². The van der Waals surface area contributed by atoms with Crippen molar-refractivity contribution < 1.29 is 0 Å². The number of aromatic nitrogens is 2. The van der Waals surface area contributed by atoms with Gasteiger partial charge in [-0.15, -0.1) is 0 Å². The molecule has 0 saturated heterocycles. The molecule has 1 aromatic rings. The van der Waals surface area contributed by atoms with Crippen molar-refractivity contribution in [3.05, 3.63) is 18.1 Å². The van der Waals surface area contributed by atoms with Crippen LogP contribution in [0.2, 0.25) is 0 Å². The fourth-order valence-corrected chi connectivity index (χ4v) is 0.460. The Balaban J connectivity index is 2.93. The molecule has 3 N–H and O–H groups in total. The number of nitrogen functional groups attached to an aromatic ring is 1. The van der Waals surface area contributed by atoms with Crippen LogP contribution in [0.5, 0.6) is 0 Å². The van der Waals surface area contributed by atoms with Crippen molar-refractivity contribution >= 4 is 5.82 Å². The van der Waals surface area contributed by atoms with Crippen LogP contribution in [-0.4, -0.2) is 9.97 Å². The molecule has 1 rings (SSSR count). The summed E-state index contributed by atoms with van der Waals surface area (Å²) in [7, 11) is 0. The number of nitrogens with zero attached hydrogens (tertiary/aromatic N) is 3. The van der Waals surface area contributed by atoms with Crippen LogP contribution in [0, 0.1) is 11.3 Å². The highest BCUT2D eigenvalue weighted by molar-refractivity contribution is 5.31. The van der Waals surface area contributed by atoms with Crippen molar-refractivity contribution in [2.24, 2.45) is 5.84 Å². The number of nitrogens with one attached hydrogen (secondary N) is 1. The Morgan fingerprint density at radius 2 is 2.30 bits per heavy atom. The molecule has 5 nitrogen and oxygen atoms in total. The highest BCUT2D eigenvalue weighted by Crippen LogP contribution is 1.96. The molecule has 0 atom stereocenters. The van der Waals surface area contributed by atoms with Crippen LogP contribution in [0.25, 0.3) is 0 Å². The zero-order chi connectivity index (χ0) is 7.40. The van der Waals surface area contributed by atoms with Gasteiger partial charge in [0.05, 0.1) is 12.4 Å². The summed E-state index contributed by atoms with van der Waals surface area (Å²) >= 11 is 0. The molecule has 0 aliphatic rings. The van der Waals surface area contributed by atoms with Gasteiger partial charge in [-0.05, 0) is 0 Å². The van der Waals surface area contributed by atoms with Crippen molar-refractivity contribution in [2.45, 2.75) is 0 Å². The summed E-state index contributed by atoms with van der Waals surface area (Å²) in [5, 5.41) is 8.30. The van der Waals surface area contributed by atoms with E-state index in [4.69, 9.17) is 11.1 Å². The smallest absolute Gasteiger partial charge is 0.158 e. The number of nitriles is 1. The number of hydrogen-bond donors (Lipinski definition) is 2. The number of nitrogens with two attached hydrogens (primary N) is 1. The van der Waals surface area contributed by atoms with Crippen LogP contribution >= 0.6 is 0 Å². The second kappa shape index (κ2) is 2.75. The molecule has 5 heteroatoms. The lowest BCUT2D eigenvalue weighted by molar-refractivity contribution is 1.13. The molecular formula is C5H5N5. The fourth-order valence-electron chi connectivity index (χ4n) is 0.460. The predicted molar refractivity (Wildman–Crippen MR) is 34.6 cm³/mol. The average Bonchev–Trinajstić information content (AvgIpc) is 2.05. The molecule has 10 heavy (non-hydrogen) atoms. The third kappa shape index (κ3) is 1.18. The van der Waals surface area contributed by atoms with Gasteiger partial charge < -0.3 is 5.43 Å². The Kier molecular flexibility index (Phi) is 1.78. The van der Waals surface area contributed by atoms with Crippen molar-refractivity contribution in [2.75, 3.05) is 5.43 Å². The van der Waals surface area contributed by atoms with Crippen LogP contribution in [0.3, 0.4) is 0 Å². The first-order chi connectivity index (χ1) is 4.86. The molecule has 0 aliphatic heterocycles. The zero-order valence-electron chi connectivity index (χ0n) is 5.07. The van der Waals surface area contributed by atoms with Crippen molar-refractivity contribution in [1.29, 1.82) is 5.26 Å². The van der Waals surface area contributed by atoms with Gasteiger partial charge in [-0.1, -0.05) is 0 Å². The van der Waals surface area contributed by atoms with Gasteiger partial charge in [0.15, 0.2) is 11.5 Å². The molecule has 0 bridgehead atoms. The Morgan fingerprint density at radius 3 is 2.70 bits per heavy atom. The van der Waals surface area contributed by atoms with Crippen LogP contribution in [0.4, 0.5) is 5.82 Å². The Bertz CT molecular complexity index is 246. The fraction of sp³-hybridized carbons (Fsp3) is 0. The maximum atomic E-state index is 8.30. The van der Waals surface area contributed by atoms with Gasteiger partial charge in [0.2, 0.25) is 0 Å². The van der Waals surface area contributed by atoms with E-state index < -0.39 is 0 Å². The van der Waals surface area contributed by atoms with E-state index in [0.29, 0.717) is 5.82 Å². The van der Waals surface area contributed by atoms with Gasteiger partial charge in [0.1, 0.15) is 6.07 Å². The summed E-state index contributed by atoms with van der Waals surface area (Å²) in [6.45, 7) is 0. The van der Waals surface area contributed by atoms with Gasteiger partial charge in [-0.25, -0.2) is 15.8 Å². The van der Waals surface area contributed by atoms with Gasteiger partial charge in [0.25, 0.3) is 0 Å². The number of hydrogen-bond acceptors (Lipinski definition) is 5.